The van der Waals surface area contributed by atoms with Gasteiger partial charge in [0.2, 0.25) is 0 Å². The molecule has 0 aromatic carbocycles. The van der Waals surface area contributed by atoms with Gasteiger partial charge in [-0.3, -0.25) is 9.80 Å². The van der Waals surface area contributed by atoms with Crippen LogP contribution in [0.4, 0.5) is 0 Å². The van der Waals surface area contributed by atoms with Crippen molar-refractivity contribution in [1.82, 2.24) is 10.4 Å². The van der Waals surface area contributed by atoms with E-state index in [0.29, 0.717) is 12.1 Å². The first-order valence-corrected chi connectivity index (χ1v) is 3.28. The third kappa shape index (κ3) is 2.19. The van der Waals surface area contributed by atoms with E-state index >= 15 is 0 Å². The third-order valence-corrected chi connectivity index (χ3v) is 1.20. The lowest BCUT2D eigenvalue weighted by Crippen LogP contribution is -2.40. The SMILES string of the molecule is C=C(C)C(=O)N(CC)NC. The zero-order chi connectivity index (χ0) is 8.15. The van der Waals surface area contributed by atoms with Gasteiger partial charge in [0.15, 0.2) is 0 Å². The number of carbonyl (C=O) groups excluding carboxylic acids is 1. The summed E-state index contributed by atoms with van der Waals surface area (Å²) in [6.07, 6.45) is 0. The molecule has 0 aliphatic carbocycles. The lowest BCUT2D eigenvalue weighted by molar-refractivity contribution is -0.129. The lowest BCUT2D eigenvalue weighted by Gasteiger charge is -2.18. The summed E-state index contributed by atoms with van der Waals surface area (Å²) in [5, 5.41) is 1.50. The average molecular weight is 142 g/mol. The molecule has 1 amide bonds. The fourth-order valence-corrected chi connectivity index (χ4v) is 0.634. The molecule has 0 aliphatic heterocycles. The Bertz CT molecular complexity index is 139. The van der Waals surface area contributed by atoms with Crippen LogP contribution in [0.2, 0.25) is 0 Å². The predicted molar refractivity (Wildman–Crippen MR) is 41.3 cm³/mol. The lowest BCUT2D eigenvalue weighted by atomic mass is 10.3. The normalized spacial score (nSPS) is 9.10. The van der Waals surface area contributed by atoms with Gasteiger partial charge in [-0.2, -0.15) is 0 Å². The minimum absolute atomic E-state index is 0.0509. The van der Waals surface area contributed by atoms with Crippen molar-refractivity contribution in [1.29, 1.82) is 0 Å². The molecule has 0 bridgehead atoms. The van der Waals surface area contributed by atoms with E-state index < -0.39 is 0 Å². The number of likely N-dealkylation sites (N-methyl/N-ethyl adjacent to an activating group) is 1. The number of nitrogens with one attached hydrogen (secondary N) is 1. The third-order valence-electron chi connectivity index (χ3n) is 1.20. The van der Waals surface area contributed by atoms with Gasteiger partial charge in [0.1, 0.15) is 0 Å². The van der Waals surface area contributed by atoms with Gasteiger partial charge in [0.25, 0.3) is 5.91 Å². The van der Waals surface area contributed by atoms with Crippen LogP contribution in [0.1, 0.15) is 13.8 Å². The summed E-state index contributed by atoms with van der Waals surface area (Å²) < 4.78 is 0. The Morgan fingerprint density at radius 2 is 2.20 bits per heavy atom. The maximum absolute atomic E-state index is 11.1. The highest BCUT2D eigenvalue weighted by molar-refractivity contribution is 5.91. The molecule has 0 fully saturated rings. The largest absolute Gasteiger partial charge is 0.275 e. The number of hydrazine groups is 1. The highest BCUT2D eigenvalue weighted by Gasteiger charge is 2.08. The smallest absolute Gasteiger partial charge is 0.262 e. The molecule has 58 valence electrons. The summed E-state index contributed by atoms with van der Waals surface area (Å²) in [4.78, 5) is 11.1. The molecule has 3 nitrogen and oxygen atoms in total. The molecule has 0 rings (SSSR count). The summed E-state index contributed by atoms with van der Waals surface area (Å²) >= 11 is 0. The molecule has 1 N–H and O–H groups in total. The van der Waals surface area contributed by atoms with Gasteiger partial charge in [0, 0.05) is 19.2 Å². The summed E-state index contributed by atoms with van der Waals surface area (Å²) in [7, 11) is 1.71. The van der Waals surface area contributed by atoms with Crippen molar-refractivity contribution in [2.75, 3.05) is 13.6 Å². The summed E-state index contributed by atoms with van der Waals surface area (Å²) in [6, 6.07) is 0. The molecular weight excluding hydrogens is 128 g/mol. The van der Waals surface area contributed by atoms with Crippen molar-refractivity contribution < 1.29 is 4.79 Å². The molecule has 3 heteroatoms. The minimum atomic E-state index is -0.0509. The van der Waals surface area contributed by atoms with Crippen molar-refractivity contribution in [3.05, 3.63) is 12.2 Å². The molecule has 0 atom stereocenters. The van der Waals surface area contributed by atoms with E-state index in [2.05, 4.69) is 12.0 Å². The summed E-state index contributed by atoms with van der Waals surface area (Å²) in [6.45, 7) is 7.79. The van der Waals surface area contributed by atoms with Gasteiger partial charge in [-0.15, -0.1) is 0 Å². The van der Waals surface area contributed by atoms with Crippen molar-refractivity contribution in [2.24, 2.45) is 0 Å². The predicted octanol–water partition coefficient (Wildman–Crippen LogP) is 0.545. The van der Waals surface area contributed by atoms with Crippen LogP contribution >= 0.6 is 0 Å². The molecule has 0 aromatic rings. The fourth-order valence-electron chi connectivity index (χ4n) is 0.634. The Morgan fingerprint density at radius 1 is 1.70 bits per heavy atom. The van der Waals surface area contributed by atoms with Gasteiger partial charge in [0.05, 0.1) is 0 Å². The maximum atomic E-state index is 11.1. The number of hydrogen-bond donors (Lipinski definition) is 1. The van der Waals surface area contributed by atoms with E-state index in [-0.39, 0.29) is 5.91 Å². The molecular formula is C7H14N2O. The topological polar surface area (TPSA) is 32.3 Å². The van der Waals surface area contributed by atoms with Crippen molar-refractivity contribution in [2.45, 2.75) is 13.8 Å². The second kappa shape index (κ2) is 4.06. The Kier molecular flexibility index (Phi) is 3.72. The van der Waals surface area contributed by atoms with Crippen LogP contribution in [0, 0.1) is 0 Å². The monoisotopic (exact) mass is 142 g/mol. The molecule has 0 saturated heterocycles. The van der Waals surface area contributed by atoms with E-state index in [4.69, 9.17) is 0 Å². The van der Waals surface area contributed by atoms with E-state index in [1.165, 1.54) is 5.01 Å². The number of nitrogens with zero attached hydrogens (tertiary/aromatic N) is 1. The van der Waals surface area contributed by atoms with E-state index in [1.807, 2.05) is 6.92 Å². The van der Waals surface area contributed by atoms with Gasteiger partial charge in [-0.25, -0.2) is 5.43 Å². The minimum Gasteiger partial charge on any atom is -0.275 e. The summed E-state index contributed by atoms with van der Waals surface area (Å²) in [5.74, 6) is -0.0509. The van der Waals surface area contributed by atoms with Crippen molar-refractivity contribution >= 4 is 5.91 Å². The van der Waals surface area contributed by atoms with Crippen molar-refractivity contribution in [3.63, 3.8) is 0 Å². The number of rotatable bonds is 3. The highest BCUT2D eigenvalue weighted by Crippen LogP contribution is 1.93. The maximum Gasteiger partial charge on any atom is 0.262 e. The fraction of sp³-hybridized carbons (Fsp3) is 0.571. The molecule has 0 aliphatic rings. The number of carbonyl (C=O) groups is 1. The molecule has 0 saturated carbocycles. The average Bonchev–Trinajstić information content (AvgIpc) is 1.90. The van der Waals surface area contributed by atoms with Crippen LogP contribution in [-0.2, 0) is 4.79 Å². The second-order valence-corrected chi connectivity index (χ2v) is 2.05. The van der Waals surface area contributed by atoms with Gasteiger partial charge < -0.3 is 0 Å². The number of hydrogen-bond acceptors (Lipinski definition) is 2. The quantitative estimate of drug-likeness (QED) is 0.461. The van der Waals surface area contributed by atoms with Crippen LogP contribution in [-0.4, -0.2) is 24.5 Å². The molecule has 0 heterocycles. The first-order valence-electron chi connectivity index (χ1n) is 3.28. The Labute approximate surface area is 61.7 Å². The molecule has 10 heavy (non-hydrogen) atoms. The Hall–Kier alpha value is -0.830. The highest BCUT2D eigenvalue weighted by atomic mass is 16.2. The van der Waals surface area contributed by atoms with E-state index in [9.17, 15) is 4.79 Å². The zero-order valence-electron chi connectivity index (χ0n) is 6.77. The molecule has 0 radical (unpaired) electrons. The summed E-state index contributed by atoms with van der Waals surface area (Å²) in [5.41, 5.74) is 3.31. The van der Waals surface area contributed by atoms with E-state index in [0.717, 1.165) is 0 Å². The molecule has 0 unspecified atom stereocenters. The van der Waals surface area contributed by atoms with Gasteiger partial charge >= 0.3 is 0 Å². The van der Waals surface area contributed by atoms with Crippen molar-refractivity contribution in [3.8, 4) is 0 Å². The zero-order valence-corrected chi connectivity index (χ0v) is 6.77. The van der Waals surface area contributed by atoms with Gasteiger partial charge in [-0.1, -0.05) is 6.58 Å². The Morgan fingerprint density at radius 3 is 2.30 bits per heavy atom. The second-order valence-electron chi connectivity index (χ2n) is 2.05. The Balaban J connectivity index is 4.02. The van der Waals surface area contributed by atoms with Crippen LogP contribution < -0.4 is 5.43 Å². The van der Waals surface area contributed by atoms with E-state index in [1.54, 1.807) is 14.0 Å². The standard InChI is InChI=1S/C7H14N2O/c1-5-9(8-4)7(10)6(2)3/h8H,2,5H2,1,3-4H3. The number of amides is 1. The first kappa shape index (κ1) is 9.17. The van der Waals surface area contributed by atoms with Crippen LogP contribution in [0.15, 0.2) is 12.2 Å². The van der Waals surface area contributed by atoms with Crippen LogP contribution in [0.5, 0.6) is 0 Å². The van der Waals surface area contributed by atoms with Crippen LogP contribution in [0.25, 0.3) is 0 Å². The molecule has 0 aromatic heterocycles. The van der Waals surface area contributed by atoms with Gasteiger partial charge in [-0.05, 0) is 13.8 Å². The van der Waals surface area contributed by atoms with Crippen LogP contribution in [0.3, 0.4) is 0 Å². The molecule has 0 spiro atoms. The first-order chi connectivity index (χ1) is 4.63.